The van der Waals surface area contributed by atoms with Gasteiger partial charge < -0.3 is 16.0 Å². The van der Waals surface area contributed by atoms with Crippen molar-refractivity contribution in [2.75, 3.05) is 12.0 Å². The molecule has 7 heteroatoms. The van der Waals surface area contributed by atoms with Crippen molar-refractivity contribution in [3.63, 3.8) is 0 Å². The fraction of sp³-hybridized carbons (Fsp3) is 0.400. The molecule has 1 aromatic heterocycles. The molecule has 1 amide bonds. The van der Waals surface area contributed by atoms with Crippen LogP contribution in [0.1, 0.15) is 12.5 Å². The van der Waals surface area contributed by atoms with Crippen LogP contribution in [0.3, 0.4) is 0 Å². The van der Waals surface area contributed by atoms with E-state index in [1.165, 1.54) is 0 Å². The van der Waals surface area contributed by atoms with Crippen molar-refractivity contribution in [3.05, 3.63) is 36.0 Å². The number of rotatable bonds is 6. The summed E-state index contributed by atoms with van der Waals surface area (Å²) in [5, 5.41) is 3.68. The summed E-state index contributed by atoms with van der Waals surface area (Å²) >= 11 is 0. The van der Waals surface area contributed by atoms with Gasteiger partial charge in [0.15, 0.2) is 0 Å². The number of nitrogens with one attached hydrogen (secondary N) is 2. The molecule has 4 N–H and O–H groups in total. The first-order chi connectivity index (χ1) is 10.3. The highest BCUT2D eigenvalue weighted by Crippen LogP contribution is 2.18. The number of carbonyl (C=O) groups is 1. The summed E-state index contributed by atoms with van der Waals surface area (Å²) in [5.41, 5.74) is 7.90. The average Bonchev–Trinajstić information content (AvgIpc) is 2.80. The van der Waals surface area contributed by atoms with E-state index >= 15 is 0 Å². The highest BCUT2D eigenvalue weighted by molar-refractivity contribution is 7.90. The van der Waals surface area contributed by atoms with E-state index in [0.29, 0.717) is 6.42 Å². The molecular weight excluding hydrogens is 302 g/mol. The molecule has 2 aromatic rings. The minimum atomic E-state index is -3.13. The van der Waals surface area contributed by atoms with Gasteiger partial charge in [0.05, 0.1) is 11.8 Å². The Morgan fingerprint density at radius 1 is 1.36 bits per heavy atom. The van der Waals surface area contributed by atoms with Gasteiger partial charge in [0.2, 0.25) is 5.91 Å². The Morgan fingerprint density at radius 3 is 2.73 bits per heavy atom. The number of carbonyl (C=O) groups excluding carboxylic acids is 1. The molecule has 120 valence electrons. The minimum Gasteiger partial charge on any atom is -0.361 e. The van der Waals surface area contributed by atoms with Crippen LogP contribution in [0.25, 0.3) is 10.9 Å². The summed E-state index contributed by atoms with van der Waals surface area (Å²) in [6.07, 6.45) is 3.38. The summed E-state index contributed by atoms with van der Waals surface area (Å²) in [5.74, 6) is -0.445. The number of benzene rings is 1. The highest BCUT2D eigenvalue weighted by atomic mass is 32.2. The standard InChI is InChI=1S/C15H21N3O3S/c1-10(9-22(2,20)21)18-15(19)13(16)7-11-8-17-14-6-4-3-5-12(11)14/h3-6,8,10,13,17H,7,9,16H2,1-2H3,(H,18,19)/t10?,13-/m0/s1. The van der Waals surface area contributed by atoms with Crippen LogP contribution in [0.15, 0.2) is 30.5 Å². The number of fused-ring (bicyclic) bond motifs is 1. The molecule has 0 radical (unpaired) electrons. The fourth-order valence-corrected chi connectivity index (χ4v) is 3.47. The molecular formula is C15H21N3O3S. The predicted molar refractivity (Wildman–Crippen MR) is 87.3 cm³/mol. The number of amides is 1. The lowest BCUT2D eigenvalue weighted by atomic mass is 10.0. The Hall–Kier alpha value is -1.86. The second-order valence-electron chi connectivity index (χ2n) is 5.67. The van der Waals surface area contributed by atoms with Gasteiger partial charge in [-0.3, -0.25) is 4.79 Å². The van der Waals surface area contributed by atoms with Crippen LogP contribution in [0.2, 0.25) is 0 Å². The molecule has 0 spiro atoms. The zero-order valence-electron chi connectivity index (χ0n) is 12.7. The van der Waals surface area contributed by atoms with Gasteiger partial charge in [-0.15, -0.1) is 0 Å². The maximum Gasteiger partial charge on any atom is 0.237 e. The van der Waals surface area contributed by atoms with Crippen molar-refractivity contribution >= 4 is 26.6 Å². The third-order valence-corrected chi connectivity index (χ3v) is 4.50. The van der Waals surface area contributed by atoms with Crippen LogP contribution < -0.4 is 11.1 Å². The number of H-pyrrole nitrogens is 1. The fourth-order valence-electron chi connectivity index (χ4n) is 2.48. The van der Waals surface area contributed by atoms with E-state index < -0.39 is 21.9 Å². The molecule has 0 saturated carbocycles. The van der Waals surface area contributed by atoms with Gasteiger partial charge in [-0.1, -0.05) is 18.2 Å². The van der Waals surface area contributed by atoms with E-state index in [1.807, 2.05) is 30.5 Å². The summed E-state index contributed by atoms with van der Waals surface area (Å²) in [4.78, 5) is 15.2. The van der Waals surface area contributed by atoms with Crippen molar-refractivity contribution in [1.29, 1.82) is 0 Å². The van der Waals surface area contributed by atoms with E-state index in [2.05, 4.69) is 10.3 Å². The third kappa shape index (κ3) is 4.32. The Morgan fingerprint density at radius 2 is 2.05 bits per heavy atom. The Balaban J connectivity index is 1.99. The van der Waals surface area contributed by atoms with Gasteiger partial charge in [-0.25, -0.2) is 8.42 Å². The molecule has 0 saturated heterocycles. The number of hydrogen-bond donors (Lipinski definition) is 3. The molecule has 2 atom stereocenters. The lowest BCUT2D eigenvalue weighted by molar-refractivity contribution is -0.122. The maximum absolute atomic E-state index is 12.1. The van der Waals surface area contributed by atoms with Crippen LogP contribution in [-0.4, -0.2) is 43.4 Å². The van der Waals surface area contributed by atoms with Crippen LogP contribution >= 0.6 is 0 Å². The van der Waals surface area contributed by atoms with Crippen molar-refractivity contribution in [2.45, 2.75) is 25.4 Å². The van der Waals surface area contributed by atoms with Gasteiger partial charge in [0, 0.05) is 29.4 Å². The summed E-state index contributed by atoms with van der Waals surface area (Å²) in [7, 11) is -3.13. The van der Waals surface area contributed by atoms with E-state index in [-0.39, 0.29) is 11.7 Å². The summed E-state index contributed by atoms with van der Waals surface area (Å²) in [6, 6.07) is 6.61. The molecule has 1 heterocycles. The van der Waals surface area contributed by atoms with E-state index in [0.717, 1.165) is 22.7 Å². The zero-order valence-corrected chi connectivity index (χ0v) is 13.5. The molecule has 1 unspecified atom stereocenters. The van der Waals surface area contributed by atoms with E-state index in [1.54, 1.807) is 6.92 Å². The highest BCUT2D eigenvalue weighted by Gasteiger charge is 2.19. The van der Waals surface area contributed by atoms with E-state index in [9.17, 15) is 13.2 Å². The van der Waals surface area contributed by atoms with E-state index in [4.69, 9.17) is 5.73 Å². The van der Waals surface area contributed by atoms with Crippen molar-refractivity contribution in [2.24, 2.45) is 5.73 Å². The van der Waals surface area contributed by atoms with Gasteiger partial charge >= 0.3 is 0 Å². The second kappa shape index (κ2) is 6.50. The SMILES string of the molecule is CC(CS(C)(=O)=O)NC(=O)[C@@H](N)Cc1c[nH]c2ccccc12. The topological polar surface area (TPSA) is 105 Å². The smallest absolute Gasteiger partial charge is 0.237 e. The number of para-hydroxylation sites is 1. The van der Waals surface area contributed by atoms with Crippen LogP contribution in [0.5, 0.6) is 0 Å². The Kier molecular flexibility index (Phi) is 4.87. The van der Waals surface area contributed by atoms with Gasteiger partial charge in [-0.2, -0.15) is 0 Å². The van der Waals surface area contributed by atoms with Gasteiger partial charge in [0.1, 0.15) is 9.84 Å². The predicted octanol–water partition coefficient (Wildman–Crippen LogP) is 0.587. The first-order valence-electron chi connectivity index (χ1n) is 7.05. The number of nitrogens with two attached hydrogens (primary N) is 1. The molecule has 0 aliphatic heterocycles. The Bertz CT molecular complexity index is 767. The largest absolute Gasteiger partial charge is 0.361 e. The molecule has 0 fully saturated rings. The maximum atomic E-state index is 12.1. The molecule has 1 aromatic carbocycles. The third-order valence-electron chi connectivity index (χ3n) is 3.39. The van der Waals surface area contributed by atoms with Crippen molar-refractivity contribution in [3.8, 4) is 0 Å². The molecule has 2 rings (SSSR count). The molecule has 6 nitrogen and oxygen atoms in total. The van der Waals surface area contributed by atoms with Crippen molar-refractivity contribution in [1.82, 2.24) is 10.3 Å². The minimum absolute atomic E-state index is 0.0987. The van der Waals surface area contributed by atoms with Crippen LogP contribution in [0, 0.1) is 0 Å². The molecule has 0 aliphatic carbocycles. The number of aromatic nitrogens is 1. The Labute approximate surface area is 130 Å². The lowest BCUT2D eigenvalue weighted by Gasteiger charge is -2.16. The first-order valence-corrected chi connectivity index (χ1v) is 9.11. The van der Waals surface area contributed by atoms with Crippen LogP contribution in [-0.2, 0) is 21.1 Å². The summed E-state index contributed by atoms with van der Waals surface area (Å²) < 4.78 is 22.4. The molecule has 22 heavy (non-hydrogen) atoms. The monoisotopic (exact) mass is 323 g/mol. The number of sulfone groups is 1. The van der Waals surface area contributed by atoms with Gasteiger partial charge in [-0.05, 0) is 25.0 Å². The lowest BCUT2D eigenvalue weighted by Crippen LogP contribution is -2.47. The molecule has 0 bridgehead atoms. The summed E-state index contributed by atoms with van der Waals surface area (Å²) in [6.45, 7) is 1.65. The number of aromatic amines is 1. The molecule has 0 aliphatic rings. The normalized spacial score (nSPS) is 14.7. The first kappa shape index (κ1) is 16.5. The van der Waals surface area contributed by atoms with Crippen molar-refractivity contribution < 1.29 is 13.2 Å². The number of hydrogen-bond acceptors (Lipinski definition) is 4. The van der Waals surface area contributed by atoms with Gasteiger partial charge in [0.25, 0.3) is 0 Å². The average molecular weight is 323 g/mol. The zero-order chi connectivity index (χ0) is 16.3. The second-order valence-corrected chi connectivity index (χ2v) is 7.86. The quantitative estimate of drug-likeness (QED) is 0.723. The van der Waals surface area contributed by atoms with Crippen LogP contribution in [0.4, 0.5) is 0 Å².